The Morgan fingerprint density at radius 1 is 1.53 bits per heavy atom. The van der Waals surface area contributed by atoms with Crippen molar-refractivity contribution in [3.63, 3.8) is 0 Å². The molecule has 0 heterocycles. The summed E-state index contributed by atoms with van der Waals surface area (Å²) in [5, 5.41) is 13.1. The van der Waals surface area contributed by atoms with Crippen molar-refractivity contribution in [3.05, 3.63) is 28.2 Å². The maximum Gasteiger partial charge on any atom is 0.120 e. The van der Waals surface area contributed by atoms with Gasteiger partial charge in [0.15, 0.2) is 0 Å². The van der Waals surface area contributed by atoms with Gasteiger partial charge in [-0.25, -0.2) is 0 Å². The van der Waals surface area contributed by atoms with Crippen LogP contribution in [0.25, 0.3) is 0 Å². The van der Waals surface area contributed by atoms with Gasteiger partial charge in [0.05, 0.1) is 0 Å². The molecule has 2 N–H and O–H groups in total. The van der Waals surface area contributed by atoms with Gasteiger partial charge in [-0.2, -0.15) is 0 Å². The smallest absolute Gasteiger partial charge is 0.120 e. The lowest BCUT2D eigenvalue weighted by Crippen LogP contribution is -2.21. The molecule has 96 valence electrons. The zero-order valence-corrected chi connectivity index (χ0v) is 12.5. The molecule has 0 aromatic heterocycles. The highest BCUT2D eigenvalue weighted by molar-refractivity contribution is 9.10. The van der Waals surface area contributed by atoms with Crippen molar-refractivity contribution >= 4 is 26.7 Å². The Morgan fingerprint density at radius 3 is 2.88 bits per heavy atom. The van der Waals surface area contributed by atoms with Crippen LogP contribution < -0.4 is 5.32 Å². The standard InChI is InChI=1S/C12H18BrNO2S/c1-9(17(2)16)5-6-14-8-10-7-11(13)3-4-12(10)15/h3-4,7,9,14-15H,5-6,8H2,1-2H3. The quantitative estimate of drug-likeness (QED) is 0.792. The lowest BCUT2D eigenvalue weighted by Gasteiger charge is -2.10. The average molecular weight is 320 g/mol. The molecule has 0 fully saturated rings. The minimum atomic E-state index is -0.763. The van der Waals surface area contributed by atoms with Crippen LogP contribution in [-0.4, -0.2) is 27.4 Å². The maximum absolute atomic E-state index is 11.1. The third kappa shape index (κ3) is 5.19. The first kappa shape index (κ1) is 14.7. The molecule has 0 aliphatic carbocycles. The van der Waals surface area contributed by atoms with E-state index in [2.05, 4.69) is 21.2 Å². The summed E-state index contributed by atoms with van der Waals surface area (Å²) < 4.78 is 12.1. The molecule has 17 heavy (non-hydrogen) atoms. The largest absolute Gasteiger partial charge is 0.508 e. The fourth-order valence-corrected chi connectivity index (χ4v) is 2.25. The zero-order valence-electron chi connectivity index (χ0n) is 10.1. The molecule has 0 saturated carbocycles. The minimum absolute atomic E-state index is 0.207. The molecule has 0 spiro atoms. The van der Waals surface area contributed by atoms with E-state index in [0.29, 0.717) is 12.3 Å². The molecule has 0 bridgehead atoms. The molecule has 2 unspecified atom stereocenters. The highest BCUT2D eigenvalue weighted by Crippen LogP contribution is 2.21. The van der Waals surface area contributed by atoms with Crippen molar-refractivity contribution in [1.82, 2.24) is 5.32 Å². The SMILES string of the molecule is CC(CCNCc1cc(Br)ccc1O)S(C)=O. The summed E-state index contributed by atoms with van der Waals surface area (Å²) >= 11 is 3.37. The van der Waals surface area contributed by atoms with E-state index in [0.717, 1.165) is 23.0 Å². The number of benzene rings is 1. The van der Waals surface area contributed by atoms with Crippen molar-refractivity contribution < 1.29 is 9.32 Å². The lowest BCUT2D eigenvalue weighted by atomic mass is 10.2. The number of halogens is 1. The van der Waals surface area contributed by atoms with E-state index in [1.165, 1.54) is 0 Å². The van der Waals surface area contributed by atoms with Crippen LogP contribution in [0.1, 0.15) is 18.9 Å². The summed E-state index contributed by atoms with van der Waals surface area (Å²) in [4.78, 5) is 0. The van der Waals surface area contributed by atoms with E-state index in [4.69, 9.17) is 0 Å². The van der Waals surface area contributed by atoms with Crippen molar-refractivity contribution in [2.24, 2.45) is 0 Å². The lowest BCUT2D eigenvalue weighted by molar-refractivity contribution is 0.464. The Balaban J connectivity index is 2.36. The van der Waals surface area contributed by atoms with Gasteiger partial charge in [-0.3, -0.25) is 4.21 Å². The minimum Gasteiger partial charge on any atom is -0.508 e. The number of phenols is 1. The van der Waals surface area contributed by atoms with Crippen molar-refractivity contribution in [1.29, 1.82) is 0 Å². The second kappa shape index (κ2) is 7.13. The summed E-state index contributed by atoms with van der Waals surface area (Å²) in [6.07, 6.45) is 2.60. The van der Waals surface area contributed by atoms with E-state index in [1.807, 2.05) is 13.0 Å². The molecule has 3 nitrogen and oxygen atoms in total. The summed E-state index contributed by atoms with van der Waals surface area (Å²) in [5.41, 5.74) is 0.865. The van der Waals surface area contributed by atoms with Crippen LogP contribution in [0.15, 0.2) is 22.7 Å². The third-order valence-electron chi connectivity index (χ3n) is 2.65. The normalized spacial score (nSPS) is 14.5. The maximum atomic E-state index is 11.1. The fraction of sp³-hybridized carbons (Fsp3) is 0.500. The van der Waals surface area contributed by atoms with E-state index in [9.17, 15) is 9.32 Å². The number of aromatic hydroxyl groups is 1. The van der Waals surface area contributed by atoms with Gasteiger partial charge in [-0.15, -0.1) is 0 Å². The Morgan fingerprint density at radius 2 is 2.24 bits per heavy atom. The van der Waals surface area contributed by atoms with Crippen molar-refractivity contribution in [2.45, 2.75) is 25.1 Å². The molecular formula is C12H18BrNO2S. The summed E-state index contributed by atoms with van der Waals surface area (Å²) in [6.45, 7) is 3.40. The summed E-state index contributed by atoms with van der Waals surface area (Å²) in [6, 6.07) is 5.37. The Hall–Kier alpha value is -0.390. The van der Waals surface area contributed by atoms with Gasteiger partial charge in [0.1, 0.15) is 5.75 Å². The highest BCUT2D eigenvalue weighted by atomic mass is 79.9. The van der Waals surface area contributed by atoms with Gasteiger partial charge in [0.25, 0.3) is 0 Å². The van der Waals surface area contributed by atoms with Gasteiger partial charge < -0.3 is 10.4 Å². The molecule has 5 heteroatoms. The predicted octanol–water partition coefficient (Wildman–Crippen LogP) is 2.40. The molecule has 1 aromatic carbocycles. The van der Waals surface area contributed by atoms with Crippen LogP contribution in [0.4, 0.5) is 0 Å². The third-order valence-corrected chi connectivity index (χ3v) is 4.51. The van der Waals surface area contributed by atoms with E-state index < -0.39 is 10.8 Å². The number of hydrogen-bond acceptors (Lipinski definition) is 3. The second-order valence-corrected chi connectivity index (χ2v) is 6.77. The van der Waals surface area contributed by atoms with Gasteiger partial charge in [-0.1, -0.05) is 22.9 Å². The molecule has 1 aromatic rings. The first-order chi connectivity index (χ1) is 8.00. The summed E-state index contributed by atoms with van der Waals surface area (Å²) in [7, 11) is -0.763. The number of phenolic OH excluding ortho intramolecular Hbond substituents is 1. The molecule has 2 atom stereocenters. The Bertz CT molecular complexity index is 398. The number of nitrogens with one attached hydrogen (secondary N) is 1. The molecular weight excluding hydrogens is 302 g/mol. The van der Waals surface area contributed by atoms with Gasteiger partial charge >= 0.3 is 0 Å². The topological polar surface area (TPSA) is 49.3 Å². The molecule has 0 saturated heterocycles. The molecule has 1 rings (SSSR count). The van der Waals surface area contributed by atoms with Crippen LogP contribution in [0, 0.1) is 0 Å². The Kier molecular flexibility index (Phi) is 6.16. The highest BCUT2D eigenvalue weighted by Gasteiger charge is 2.06. The van der Waals surface area contributed by atoms with Crippen LogP contribution in [0.5, 0.6) is 5.75 Å². The van der Waals surface area contributed by atoms with Gasteiger partial charge in [0.2, 0.25) is 0 Å². The van der Waals surface area contributed by atoms with Crippen LogP contribution in [-0.2, 0) is 17.3 Å². The van der Waals surface area contributed by atoms with Gasteiger partial charge in [-0.05, 0) is 31.2 Å². The van der Waals surface area contributed by atoms with Gasteiger partial charge in [0, 0.05) is 38.9 Å². The average Bonchev–Trinajstić information content (AvgIpc) is 2.28. The molecule has 0 aliphatic heterocycles. The zero-order chi connectivity index (χ0) is 12.8. The Labute approximate surface area is 113 Å². The predicted molar refractivity (Wildman–Crippen MR) is 75.7 cm³/mol. The van der Waals surface area contributed by atoms with Crippen LogP contribution in [0.2, 0.25) is 0 Å². The summed E-state index contributed by atoms with van der Waals surface area (Å²) in [5.74, 6) is 0.299. The second-order valence-electron chi connectivity index (χ2n) is 4.05. The molecule has 0 aliphatic rings. The van der Waals surface area contributed by atoms with Crippen molar-refractivity contribution in [2.75, 3.05) is 12.8 Å². The molecule has 0 amide bonds. The van der Waals surface area contributed by atoms with Crippen LogP contribution >= 0.6 is 15.9 Å². The number of rotatable bonds is 6. The van der Waals surface area contributed by atoms with E-state index >= 15 is 0 Å². The first-order valence-electron chi connectivity index (χ1n) is 5.51. The monoisotopic (exact) mass is 319 g/mol. The van der Waals surface area contributed by atoms with Crippen molar-refractivity contribution in [3.8, 4) is 5.75 Å². The van der Waals surface area contributed by atoms with E-state index in [-0.39, 0.29) is 5.25 Å². The fourth-order valence-electron chi connectivity index (χ4n) is 1.39. The first-order valence-corrected chi connectivity index (χ1v) is 7.92. The van der Waals surface area contributed by atoms with E-state index in [1.54, 1.807) is 18.4 Å². The number of hydrogen-bond donors (Lipinski definition) is 2. The van der Waals surface area contributed by atoms with Crippen LogP contribution in [0.3, 0.4) is 0 Å². The molecule has 0 radical (unpaired) electrons.